The average Bonchev–Trinajstić information content (AvgIpc) is 3.03. The van der Waals surface area contributed by atoms with E-state index in [2.05, 4.69) is 33.2 Å². The third kappa shape index (κ3) is 10.0. The van der Waals surface area contributed by atoms with Crippen molar-refractivity contribution >= 4 is 103 Å². The van der Waals surface area contributed by atoms with Gasteiger partial charge in [0.2, 0.25) is 0 Å². The van der Waals surface area contributed by atoms with Gasteiger partial charge in [0.05, 0.1) is 53.7 Å². The first-order valence-corrected chi connectivity index (χ1v) is 22.0. The molecule has 2 heterocycles. The summed E-state index contributed by atoms with van der Waals surface area (Å²) in [6, 6.07) is 4.01. The maximum absolute atomic E-state index is 13.3. The van der Waals surface area contributed by atoms with Crippen LogP contribution in [0.2, 0.25) is 10.0 Å². The predicted octanol–water partition coefficient (Wildman–Crippen LogP) is 1.88. The number of nitrogens with one attached hydrogen (secondary N) is 2. The Bertz CT molecular complexity index is 2780. The third-order valence-corrected chi connectivity index (χ3v) is 11.5. The number of hydrogen-bond acceptors (Lipinski definition) is 19. The summed E-state index contributed by atoms with van der Waals surface area (Å²) >= 11 is 13.3. The summed E-state index contributed by atoms with van der Waals surface area (Å²) < 4.78 is 177. The molecular formula is C24H22Cl2N4O19S5. The molecule has 0 saturated heterocycles. The number of halogens is 2. The minimum Gasteiger partial charge on any atom is -0.451 e. The number of sulfone groups is 1. The van der Waals surface area contributed by atoms with Gasteiger partial charge in [0.1, 0.15) is 31.8 Å². The number of nitrogens with zero attached hydrogens (tertiary/aromatic N) is 2. The lowest BCUT2D eigenvalue weighted by Gasteiger charge is -2.26. The fraction of sp³-hybridized carbons (Fsp3) is 0.250. The molecule has 54 heavy (non-hydrogen) atoms. The lowest BCUT2D eigenvalue weighted by Crippen LogP contribution is -2.23. The van der Waals surface area contributed by atoms with Crippen LogP contribution in [-0.4, -0.2) is 104 Å². The monoisotopic (exact) mass is 900 g/mol. The molecule has 0 atom stereocenters. The van der Waals surface area contributed by atoms with Crippen LogP contribution in [0.3, 0.4) is 0 Å². The zero-order chi connectivity index (χ0) is 40.0. The molecule has 0 amide bonds. The predicted molar refractivity (Wildman–Crippen MR) is 184 cm³/mol. The molecule has 0 fully saturated rings. The van der Waals surface area contributed by atoms with E-state index in [4.69, 9.17) is 46.0 Å². The normalized spacial score (nSPS) is 14.1. The minimum absolute atomic E-state index is 0.0815. The first kappa shape index (κ1) is 41.7. The molecule has 296 valence electrons. The molecule has 0 unspecified atom stereocenters. The zero-order valence-electron chi connectivity index (χ0n) is 26.2. The lowest BCUT2D eigenvalue weighted by atomic mass is 10.1. The fourth-order valence-corrected chi connectivity index (χ4v) is 8.12. The molecule has 2 aromatic carbocycles. The Hall–Kier alpha value is -3.49. The number of hydrogen-bond donors (Lipinski definition) is 6. The highest BCUT2D eigenvalue weighted by Gasteiger charge is 2.31. The van der Waals surface area contributed by atoms with Crippen LogP contribution in [0, 0.1) is 0 Å². The summed E-state index contributed by atoms with van der Waals surface area (Å²) in [4.78, 5) is 7.03. The van der Waals surface area contributed by atoms with Gasteiger partial charge in [0.25, 0.3) is 10.1 Å². The van der Waals surface area contributed by atoms with Crippen LogP contribution in [0.25, 0.3) is 22.6 Å². The van der Waals surface area contributed by atoms with Crippen molar-refractivity contribution < 1.29 is 82.0 Å². The Kier molecular flexibility index (Phi) is 11.7. The van der Waals surface area contributed by atoms with Crippen LogP contribution in [0.15, 0.2) is 43.5 Å². The van der Waals surface area contributed by atoms with Crippen LogP contribution >= 0.6 is 23.2 Å². The summed E-state index contributed by atoms with van der Waals surface area (Å²) in [5.41, 5.74) is -1.13. The third-order valence-electron chi connectivity index (χ3n) is 6.76. The van der Waals surface area contributed by atoms with E-state index in [0.717, 1.165) is 24.3 Å². The van der Waals surface area contributed by atoms with Crippen LogP contribution in [0.4, 0.5) is 17.1 Å². The Morgan fingerprint density at radius 1 is 0.796 bits per heavy atom. The smallest absolute Gasteiger partial charge is 0.397 e. The first-order chi connectivity index (χ1) is 24.8. The summed E-state index contributed by atoms with van der Waals surface area (Å²) in [5, 5.41) is 4.39. The second kappa shape index (κ2) is 15.2. The summed E-state index contributed by atoms with van der Waals surface area (Å²) in [6.45, 7) is -3.35. The molecule has 2 aliphatic heterocycles. The van der Waals surface area contributed by atoms with E-state index in [1.165, 1.54) is 0 Å². The largest absolute Gasteiger partial charge is 0.451 e. The van der Waals surface area contributed by atoms with E-state index in [0.29, 0.717) is 0 Å². The lowest BCUT2D eigenvalue weighted by molar-refractivity contribution is 0.274. The standard InChI is InChI=1S/C24H22Cl2N4O19S5/c25-19-21-23(20(26)22-24(19)49-16-8-14(28-2-4-46-53(39,40)41)18(51(33,34)35)10-12(16)30-22)48-15-7-13(27-1-3-45-52(36,37)38)17(9-11(15)29-21)50(31,32)6-5-47-54(42,43)44/h7-10,28,30H,1-6H2,(H,33,34,35)(H,36,37,38)(H,39,40,41)(H,42,43,44). The van der Waals surface area contributed by atoms with Crippen LogP contribution in [0.5, 0.6) is 11.5 Å². The van der Waals surface area contributed by atoms with Crippen LogP contribution < -0.4 is 20.7 Å². The quantitative estimate of drug-likeness (QED) is 0.0496. The number of fused-ring (bicyclic) bond motifs is 4. The molecule has 0 aromatic heterocycles. The Morgan fingerprint density at radius 2 is 1.43 bits per heavy atom. The molecule has 0 radical (unpaired) electrons. The highest BCUT2D eigenvalue weighted by atomic mass is 35.5. The second-order valence-corrected chi connectivity index (χ2v) is 17.9. The van der Waals surface area contributed by atoms with E-state index in [1.807, 2.05) is 0 Å². The molecule has 1 aliphatic carbocycles. The molecule has 3 aliphatic rings. The molecule has 0 saturated carbocycles. The number of ether oxygens (including phenoxy) is 1. The van der Waals surface area contributed by atoms with Crippen LogP contribution in [0.1, 0.15) is 0 Å². The maximum Gasteiger partial charge on any atom is 0.397 e. The van der Waals surface area contributed by atoms with Crippen molar-refractivity contribution in [3.8, 4) is 23.0 Å². The van der Waals surface area contributed by atoms with E-state index in [1.54, 1.807) is 0 Å². The Labute approximate surface area is 314 Å². The molecule has 0 spiro atoms. The van der Waals surface area contributed by atoms with Gasteiger partial charge >= 0.3 is 31.2 Å². The Balaban J connectivity index is 1.61. The van der Waals surface area contributed by atoms with Crippen LogP contribution in [-0.2, 0) is 63.7 Å². The van der Waals surface area contributed by atoms with Crippen molar-refractivity contribution in [2.75, 3.05) is 49.3 Å². The number of rotatable bonds is 15. The van der Waals surface area contributed by atoms with Gasteiger partial charge in [-0.2, -0.15) is 33.7 Å². The van der Waals surface area contributed by atoms with Gasteiger partial charge in [-0.1, -0.05) is 23.2 Å². The SMILES string of the molecule is O=S(=O)(O)OCCN=c1cc2oc3c(Cl)c4c(c(Cl)c3nc-2cc1S(=O)(=O)CCOS(=O)(=O)O)Oc1cc(NCCOS(=O)(=O)O)c(S(=O)(=O)O)cc1N4. The van der Waals surface area contributed by atoms with Crippen molar-refractivity contribution in [2.24, 2.45) is 4.99 Å². The van der Waals surface area contributed by atoms with E-state index in [-0.39, 0.29) is 73.1 Å². The van der Waals surface area contributed by atoms with Gasteiger partial charge in [0, 0.05) is 18.7 Å². The highest BCUT2D eigenvalue weighted by Crippen LogP contribution is 2.54. The fourth-order valence-electron chi connectivity index (χ4n) is 4.68. The molecular weight excluding hydrogens is 880 g/mol. The average molecular weight is 902 g/mol. The highest BCUT2D eigenvalue weighted by molar-refractivity contribution is 7.91. The van der Waals surface area contributed by atoms with Crippen molar-refractivity contribution in [1.29, 1.82) is 0 Å². The van der Waals surface area contributed by atoms with Gasteiger partial charge in [-0.15, -0.1) is 0 Å². The molecule has 30 heteroatoms. The Morgan fingerprint density at radius 3 is 2.06 bits per heavy atom. The van der Waals surface area contributed by atoms with Crippen molar-refractivity contribution in [3.05, 3.63) is 39.7 Å². The molecule has 23 nitrogen and oxygen atoms in total. The van der Waals surface area contributed by atoms with Gasteiger partial charge in [-0.25, -0.2) is 26.0 Å². The molecule has 0 bridgehead atoms. The second-order valence-electron chi connectivity index (χ2n) is 10.4. The molecule has 6 N–H and O–H groups in total. The van der Waals surface area contributed by atoms with Crippen molar-refractivity contribution in [1.82, 2.24) is 4.98 Å². The van der Waals surface area contributed by atoms with E-state index >= 15 is 0 Å². The molecule has 2 aromatic rings. The summed E-state index contributed by atoms with van der Waals surface area (Å²) in [7, 11) is -24.2. The topological polar surface area (TPSA) is 351 Å². The maximum atomic E-state index is 13.3. The van der Waals surface area contributed by atoms with Crippen molar-refractivity contribution in [2.45, 2.75) is 9.79 Å². The van der Waals surface area contributed by atoms with Gasteiger partial charge < -0.3 is 19.8 Å². The van der Waals surface area contributed by atoms with Gasteiger partial charge in [-0.3, -0.25) is 23.2 Å². The minimum atomic E-state index is -5.02. The number of aromatic nitrogens is 1. The summed E-state index contributed by atoms with van der Waals surface area (Å²) in [6.07, 6.45) is 0. The number of benzene rings is 3. The van der Waals surface area contributed by atoms with Gasteiger partial charge in [-0.05, 0) is 12.1 Å². The molecule has 5 rings (SSSR count). The van der Waals surface area contributed by atoms with Gasteiger partial charge in [0.15, 0.2) is 32.7 Å². The zero-order valence-corrected chi connectivity index (χ0v) is 31.8. The van der Waals surface area contributed by atoms with E-state index in [9.17, 15) is 46.6 Å². The first-order valence-electron chi connectivity index (χ1n) is 14.1. The van der Waals surface area contributed by atoms with Crippen molar-refractivity contribution in [3.63, 3.8) is 0 Å². The van der Waals surface area contributed by atoms with E-state index < -0.39 is 93.1 Å². The number of anilines is 3. The summed E-state index contributed by atoms with van der Waals surface area (Å²) in [5.74, 6) is -1.53.